The minimum absolute atomic E-state index is 0.0184. The summed E-state index contributed by atoms with van der Waals surface area (Å²) in [4.78, 5) is 12.7. The van der Waals surface area contributed by atoms with Crippen LogP contribution in [0, 0.1) is 0 Å². The van der Waals surface area contributed by atoms with Gasteiger partial charge in [0, 0.05) is 11.3 Å². The number of carbonyl (C=O) groups is 1. The number of anilines is 1. The highest BCUT2D eigenvalue weighted by Gasteiger charge is 2.34. The van der Waals surface area contributed by atoms with E-state index in [1.807, 2.05) is 0 Å². The lowest BCUT2D eigenvalue weighted by Gasteiger charge is -2.16. The van der Waals surface area contributed by atoms with Gasteiger partial charge in [-0.2, -0.15) is 26.3 Å². The fraction of sp³-hybridized carbons (Fsp3) is 0.0952. The molecule has 0 saturated carbocycles. The van der Waals surface area contributed by atoms with E-state index in [4.69, 9.17) is 0 Å². The Bertz CT molecular complexity index is 1040. The van der Waals surface area contributed by atoms with Gasteiger partial charge in [-0.3, -0.25) is 4.79 Å². The smallest absolute Gasteiger partial charge is 0.322 e. The summed E-state index contributed by atoms with van der Waals surface area (Å²) in [5, 5.41) is 2.32. The second kappa shape index (κ2) is 7.62. The van der Waals surface area contributed by atoms with Crippen LogP contribution in [0.3, 0.4) is 0 Å². The molecule has 0 radical (unpaired) electrons. The van der Waals surface area contributed by atoms with E-state index >= 15 is 0 Å². The van der Waals surface area contributed by atoms with Gasteiger partial charge in [0.05, 0.1) is 11.1 Å². The van der Waals surface area contributed by atoms with Gasteiger partial charge in [-0.15, -0.1) is 0 Å². The number of benzene rings is 3. The number of alkyl halides is 6. The molecule has 0 aliphatic heterocycles. The van der Waals surface area contributed by atoms with Crippen molar-refractivity contribution in [2.45, 2.75) is 12.4 Å². The maximum Gasteiger partial charge on any atom is 0.417 e. The Labute approximate surface area is 161 Å². The molecule has 0 aliphatic carbocycles. The summed E-state index contributed by atoms with van der Waals surface area (Å²) in [5.74, 6) is -0.822. The summed E-state index contributed by atoms with van der Waals surface area (Å²) < 4.78 is 78.6. The zero-order valence-electron chi connectivity index (χ0n) is 14.6. The Morgan fingerprint density at radius 3 is 1.97 bits per heavy atom. The van der Waals surface area contributed by atoms with Crippen molar-refractivity contribution in [1.29, 1.82) is 0 Å². The molecular formula is C21H13F6NO. The van der Waals surface area contributed by atoms with Gasteiger partial charge >= 0.3 is 12.4 Å². The number of carbonyl (C=O) groups excluding carboxylic acids is 1. The predicted octanol–water partition coefficient (Wildman–Crippen LogP) is 6.64. The quantitative estimate of drug-likeness (QED) is 0.483. The van der Waals surface area contributed by atoms with Crippen LogP contribution in [0.5, 0.6) is 0 Å². The number of rotatable bonds is 3. The van der Waals surface area contributed by atoms with E-state index in [9.17, 15) is 31.1 Å². The maximum absolute atomic E-state index is 13.4. The molecule has 1 N–H and O–H groups in total. The lowest BCUT2D eigenvalue weighted by Crippen LogP contribution is -2.15. The fourth-order valence-corrected chi connectivity index (χ4v) is 2.85. The van der Waals surface area contributed by atoms with Crippen molar-refractivity contribution in [1.82, 2.24) is 0 Å². The van der Waals surface area contributed by atoms with E-state index in [1.54, 1.807) is 0 Å². The molecule has 0 heterocycles. The summed E-state index contributed by atoms with van der Waals surface area (Å²) in [6, 6.07) is 14.4. The largest absolute Gasteiger partial charge is 0.417 e. The number of hydrogen-bond acceptors (Lipinski definition) is 1. The monoisotopic (exact) mass is 409 g/mol. The molecule has 8 heteroatoms. The molecule has 1 amide bonds. The van der Waals surface area contributed by atoms with Gasteiger partial charge in [0.1, 0.15) is 0 Å². The van der Waals surface area contributed by atoms with Crippen LogP contribution in [0.15, 0.2) is 72.8 Å². The zero-order valence-corrected chi connectivity index (χ0v) is 14.6. The van der Waals surface area contributed by atoms with Crippen molar-refractivity contribution in [2.24, 2.45) is 0 Å². The molecule has 0 spiro atoms. The van der Waals surface area contributed by atoms with Gasteiger partial charge in [0.15, 0.2) is 0 Å². The molecule has 2 nitrogen and oxygen atoms in total. The first-order valence-corrected chi connectivity index (χ1v) is 8.31. The number of amides is 1. The average molecular weight is 409 g/mol. The van der Waals surface area contributed by atoms with E-state index in [0.29, 0.717) is 0 Å². The molecule has 150 valence electrons. The summed E-state index contributed by atoms with van der Waals surface area (Å²) >= 11 is 0. The van der Waals surface area contributed by atoms with Gasteiger partial charge in [0.2, 0.25) is 0 Å². The number of nitrogens with one attached hydrogen (secondary N) is 1. The zero-order chi connectivity index (χ0) is 21.2. The van der Waals surface area contributed by atoms with Crippen LogP contribution in [-0.4, -0.2) is 5.91 Å². The summed E-state index contributed by atoms with van der Waals surface area (Å²) in [5.41, 5.74) is -2.27. The highest BCUT2D eigenvalue weighted by molar-refractivity contribution is 6.09. The average Bonchev–Trinajstić information content (AvgIpc) is 2.67. The Hall–Kier alpha value is -3.29. The van der Waals surface area contributed by atoms with Crippen LogP contribution in [0.25, 0.3) is 11.1 Å². The van der Waals surface area contributed by atoms with E-state index in [2.05, 4.69) is 5.32 Å². The molecule has 0 unspecified atom stereocenters. The topological polar surface area (TPSA) is 29.1 Å². The van der Waals surface area contributed by atoms with Gasteiger partial charge in [-0.25, -0.2) is 0 Å². The van der Waals surface area contributed by atoms with Crippen LogP contribution in [0.1, 0.15) is 21.5 Å². The normalized spacial score (nSPS) is 11.9. The molecule has 0 atom stereocenters. The van der Waals surface area contributed by atoms with E-state index in [-0.39, 0.29) is 22.4 Å². The molecule has 3 aromatic rings. The Kier molecular flexibility index (Phi) is 5.37. The third kappa shape index (κ3) is 4.59. The minimum Gasteiger partial charge on any atom is -0.322 e. The molecular weight excluding hydrogens is 396 g/mol. The summed E-state index contributed by atoms with van der Waals surface area (Å²) in [6.45, 7) is 0. The molecule has 3 rings (SSSR count). The molecule has 29 heavy (non-hydrogen) atoms. The summed E-state index contributed by atoms with van der Waals surface area (Å²) in [7, 11) is 0. The van der Waals surface area contributed by atoms with Gasteiger partial charge in [-0.05, 0) is 41.5 Å². The lowest BCUT2D eigenvalue weighted by atomic mass is 9.94. The van der Waals surface area contributed by atoms with Crippen LogP contribution in [0.4, 0.5) is 32.0 Å². The van der Waals surface area contributed by atoms with Gasteiger partial charge in [0.25, 0.3) is 5.91 Å². The second-order valence-corrected chi connectivity index (χ2v) is 6.12. The van der Waals surface area contributed by atoms with E-state index in [1.165, 1.54) is 48.5 Å². The molecule has 0 fully saturated rings. The van der Waals surface area contributed by atoms with Crippen molar-refractivity contribution in [3.8, 4) is 11.1 Å². The van der Waals surface area contributed by atoms with Crippen LogP contribution in [0.2, 0.25) is 0 Å². The number of halogens is 6. The Balaban J connectivity index is 2.00. The van der Waals surface area contributed by atoms with E-state index in [0.717, 1.165) is 24.3 Å². The maximum atomic E-state index is 13.4. The van der Waals surface area contributed by atoms with Crippen molar-refractivity contribution < 1.29 is 31.1 Å². The molecule has 3 aromatic carbocycles. The Morgan fingerprint density at radius 1 is 0.690 bits per heavy atom. The number of hydrogen-bond donors (Lipinski definition) is 1. The minimum atomic E-state index is -4.64. The highest BCUT2D eigenvalue weighted by atomic mass is 19.4. The van der Waals surface area contributed by atoms with Crippen molar-refractivity contribution >= 4 is 11.6 Å². The van der Waals surface area contributed by atoms with Crippen molar-refractivity contribution in [3.05, 3.63) is 89.5 Å². The Morgan fingerprint density at radius 2 is 1.31 bits per heavy atom. The standard InChI is InChI=1S/C21H13F6NO/c22-20(23,24)13-6-5-7-14(12-13)28-19(29)17-10-2-1-8-15(17)16-9-3-4-11-18(16)21(25,26)27/h1-12H,(H,28,29). The molecule has 0 aromatic heterocycles. The molecule has 0 bridgehead atoms. The van der Waals surface area contributed by atoms with Crippen LogP contribution >= 0.6 is 0 Å². The first-order chi connectivity index (χ1) is 13.6. The first-order valence-electron chi connectivity index (χ1n) is 8.31. The third-order valence-corrected chi connectivity index (χ3v) is 4.14. The fourth-order valence-electron chi connectivity index (χ4n) is 2.85. The highest BCUT2D eigenvalue weighted by Crippen LogP contribution is 2.38. The molecule has 0 saturated heterocycles. The lowest BCUT2D eigenvalue weighted by molar-refractivity contribution is -0.138. The van der Waals surface area contributed by atoms with Crippen molar-refractivity contribution in [2.75, 3.05) is 5.32 Å². The van der Waals surface area contributed by atoms with Crippen LogP contribution < -0.4 is 5.32 Å². The van der Waals surface area contributed by atoms with Crippen molar-refractivity contribution in [3.63, 3.8) is 0 Å². The van der Waals surface area contributed by atoms with Gasteiger partial charge in [-0.1, -0.05) is 42.5 Å². The first kappa shape index (κ1) is 20.4. The predicted molar refractivity (Wildman–Crippen MR) is 96.3 cm³/mol. The second-order valence-electron chi connectivity index (χ2n) is 6.12. The van der Waals surface area contributed by atoms with Crippen LogP contribution in [-0.2, 0) is 12.4 Å². The van der Waals surface area contributed by atoms with E-state index < -0.39 is 29.4 Å². The SMILES string of the molecule is O=C(Nc1cccc(C(F)(F)F)c1)c1ccccc1-c1ccccc1C(F)(F)F. The molecule has 0 aliphatic rings. The van der Waals surface area contributed by atoms with Gasteiger partial charge < -0.3 is 5.32 Å². The third-order valence-electron chi connectivity index (χ3n) is 4.14. The summed E-state index contributed by atoms with van der Waals surface area (Å²) in [6.07, 6.45) is -9.23.